The number of para-hydroxylation sites is 1. The summed E-state index contributed by atoms with van der Waals surface area (Å²) in [4.78, 5) is 29.3. The van der Waals surface area contributed by atoms with Gasteiger partial charge in [-0.1, -0.05) is 37.6 Å². The molecule has 1 aromatic carbocycles. The lowest BCUT2D eigenvalue weighted by atomic mass is 10.1. The van der Waals surface area contributed by atoms with Crippen molar-refractivity contribution in [1.82, 2.24) is 25.0 Å². The first-order chi connectivity index (χ1) is 11.5. The summed E-state index contributed by atoms with van der Waals surface area (Å²) in [5.41, 5.74) is 0.670. The number of amides is 3. The van der Waals surface area contributed by atoms with Crippen LogP contribution in [0.25, 0.3) is 5.69 Å². The zero-order chi connectivity index (χ0) is 17.3. The molecule has 7 nitrogen and oxygen atoms in total. The lowest BCUT2D eigenvalue weighted by molar-refractivity contribution is -0.125. The highest BCUT2D eigenvalue weighted by molar-refractivity contribution is 6.32. The maximum atomic E-state index is 11.8. The maximum Gasteiger partial charge on any atom is 0.325 e. The van der Waals surface area contributed by atoms with Gasteiger partial charge in [0.05, 0.1) is 23.8 Å². The number of hydrogen-bond donors (Lipinski definition) is 1. The first-order valence-corrected chi connectivity index (χ1v) is 8.11. The molecule has 2 heterocycles. The predicted octanol–water partition coefficient (Wildman–Crippen LogP) is 2.17. The normalized spacial score (nSPS) is 14.6. The van der Waals surface area contributed by atoms with Gasteiger partial charge < -0.3 is 5.32 Å². The molecule has 0 aliphatic carbocycles. The molecule has 1 aliphatic heterocycles. The van der Waals surface area contributed by atoms with E-state index in [-0.39, 0.29) is 19.0 Å². The molecule has 0 radical (unpaired) electrons. The topological polar surface area (TPSA) is 80.1 Å². The molecule has 24 heavy (non-hydrogen) atoms. The summed E-state index contributed by atoms with van der Waals surface area (Å²) in [6.45, 7) is 4.22. The maximum absolute atomic E-state index is 11.8. The Bertz CT molecular complexity index is 771. The summed E-state index contributed by atoms with van der Waals surface area (Å²) in [5.74, 6) is 1.27. The number of rotatable bonds is 5. The highest BCUT2D eigenvalue weighted by atomic mass is 35.5. The van der Waals surface area contributed by atoms with E-state index in [0.29, 0.717) is 34.7 Å². The van der Waals surface area contributed by atoms with Gasteiger partial charge in [0.1, 0.15) is 0 Å². The van der Waals surface area contributed by atoms with Gasteiger partial charge >= 0.3 is 6.03 Å². The van der Waals surface area contributed by atoms with Gasteiger partial charge in [-0.05, 0) is 18.1 Å². The molecule has 2 aromatic rings. The van der Waals surface area contributed by atoms with Crippen molar-refractivity contribution in [3.05, 3.63) is 40.9 Å². The van der Waals surface area contributed by atoms with Crippen LogP contribution in [-0.4, -0.2) is 38.1 Å². The number of nitrogens with one attached hydrogen (secondary N) is 1. The highest BCUT2D eigenvalue weighted by Gasteiger charge is 2.30. The Labute approximate surface area is 144 Å². The van der Waals surface area contributed by atoms with Crippen molar-refractivity contribution in [3.63, 3.8) is 0 Å². The summed E-state index contributed by atoms with van der Waals surface area (Å²) in [5, 5.41) is 7.55. The minimum absolute atomic E-state index is 0.0118. The molecule has 0 saturated carbocycles. The summed E-state index contributed by atoms with van der Waals surface area (Å²) in [6.07, 6.45) is 0.699. The number of carbonyl (C=O) groups excluding carboxylic acids is 2. The van der Waals surface area contributed by atoms with Crippen LogP contribution in [0.4, 0.5) is 4.79 Å². The highest BCUT2D eigenvalue weighted by Crippen LogP contribution is 2.22. The summed E-state index contributed by atoms with van der Waals surface area (Å²) < 4.78 is 1.61. The molecule has 0 unspecified atom stereocenters. The fraction of sp³-hybridized carbons (Fsp3) is 0.375. The monoisotopic (exact) mass is 347 g/mol. The van der Waals surface area contributed by atoms with E-state index >= 15 is 0 Å². The Morgan fingerprint density at radius 2 is 2.04 bits per heavy atom. The number of carbonyl (C=O) groups is 2. The third-order valence-electron chi connectivity index (χ3n) is 3.63. The fourth-order valence-electron chi connectivity index (χ4n) is 2.52. The molecule has 0 spiro atoms. The second kappa shape index (κ2) is 6.60. The van der Waals surface area contributed by atoms with Crippen LogP contribution in [0.3, 0.4) is 0 Å². The van der Waals surface area contributed by atoms with Gasteiger partial charge in [-0.15, -0.1) is 0 Å². The molecule has 126 valence electrons. The molecule has 1 fully saturated rings. The number of halogens is 1. The van der Waals surface area contributed by atoms with E-state index in [1.807, 2.05) is 18.2 Å². The number of urea groups is 1. The smallest absolute Gasteiger partial charge is 0.325 e. The van der Waals surface area contributed by atoms with Crippen LogP contribution in [0, 0.1) is 5.92 Å². The average molecular weight is 348 g/mol. The molecule has 0 atom stereocenters. The first kappa shape index (κ1) is 16.4. The van der Waals surface area contributed by atoms with Crippen molar-refractivity contribution >= 4 is 23.5 Å². The van der Waals surface area contributed by atoms with E-state index < -0.39 is 6.03 Å². The molecule has 1 N–H and O–H groups in total. The van der Waals surface area contributed by atoms with E-state index in [9.17, 15) is 9.59 Å². The van der Waals surface area contributed by atoms with E-state index in [4.69, 9.17) is 11.6 Å². The van der Waals surface area contributed by atoms with Crippen molar-refractivity contribution in [2.24, 2.45) is 5.92 Å². The summed E-state index contributed by atoms with van der Waals surface area (Å²) >= 11 is 6.27. The van der Waals surface area contributed by atoms with Crippen molar-refractivity contribution in [2.45, 2.75) is 26.8 Å². The van der Waals surface area contributed by atoms with Gasteiger partial charge in [0.25, 0.3) is 0 Å². The number of nitrogens with zero attached hydrogens (tertiary/aromatic N) is 4. The Morgan fingerprint density at radius 3 is 2.67 bits per heavy atom. The summed E-state index contributed by atoms with van der Waals surface area (Å²) in [6, 6.07) is 6.85. The van der Waals surface area contributed by atoms with Gasteiger partial charge in [0, 0.05) is 6.42 Å². The molecule has 1 aliphatic rings. The zero-order valence-corrected chi connectivity index (χ0v) is 14.2. The Balaban J connectivity index is 2.00. The molecule has 0 bridgehead atoms. The Morgan fingerprint density at radius 1 is 1.29 bits per heavy atom. The third kappa shape index (κ3) is 3.26. The molecule has 3 rings (SSSR count). The van der Waals surface area contributed by atoms with Crippen molar-refractivity contribution in [3.8, 4) is 5.69 Å². The predicted molar refractivity (Wildman–Crippen MR) is 88.9 cm³/mol. The minimum Gasteiger partial charge on any atom is -0.329 e. The van der Waals surface area contributed by atoms with Crippen molar-refractivity contribution in [1.29, 1.82) is 0 Å². The fourth-order valence-corrected chi connectivity index (χ4v) is 2.73. The number of aromatic nitrogens is 3. The number of benzene rings is 1. The van der Waals surface area contributed by atoms with Crippen molar-refractivity contribution < 1.29 is 9.59 Å². The number of hydrogen-bond acceptors (Lipinski definition) is 4. The average Bonchev–Trinajstić information content (AvgIpc) is 3.05. The standard InChI is InChI=1S/C16H18ClN5O2/c1-10(2)7-13-19-14(9-21-15(23)8-18-16(21)24)22(20-13)12-6-4-3-5-11(12)17/h3-6,10H,7-9H2,1-2H3,(H,18,24). The molecule has 1 aromatic heterocycles. The van der Waals surface area contributed by atoms with Crippen LogP contribution in [0.2, 0.25) is 5.02 Å². The number of imide groups is 1. The lowest BCUT2D eigenvalue weighted by Crippen LogP contribution is -2.31. The van der Waals surface area contributed by atoms with E-state index in [2.05, 4.69) is 29.2 Å². The molecule has 8 heteroatoms. The van der Waals surface area contributed by atoms with Crippen LogP contribution in [0.5, 0.6) is 0 Å². The van der Waals surface area contributed by atoms with Gasteiger partial charge in [-0.2, -0.15) is 5.10 Å². The van der Waals surface area contributed by atoms with Crippen LogP contribution < -0.4 is 5.32 Å². The van der Waals surface area contributed by atoms with Gasteiger partial charge in [-0.25, -0.2) is 14.5 Å². The van der Waals surface area contributed by atoms with Crippen LogP contribution in [0.1, 0.15) is 25.5 Å². The second-order valence-electron chi connectivity index (χ2n) is 6.04. The second-order valence-corrected chi connectivity index (χ2v) is 6.45. The van der Waals surface area contributed by atoms with Gasteiger partial charge in [0.15, 0.2) is 11.6 Å². The Hall–Kier alpha value is -2.41. The van der Waals surface area contributed by atoms with E-state index in [1.54, 1.807) is 10.7 Å². The van der Waals surface area contributed by atoms with Gasteiger partial charge in [-0.3, -0.25) is 9.69 Å². The Kier molecular flexibility index (Phi) is 4.53. The molecule has 1 saturated heterocycles. The van der Waals surface area contributed by atoms with Crippen LogP contribution in [0.15, 0.2) is 24.3 Å². The zero-order valence-electron chi connectivity index (χ0n) is 13.5. The van der Waals surface area contributed by atoms with Crippen LogP contribution in [-0.2, 0) is 17.8 Å². The SMILES string of the molecule is CC(C)Cc1nc(CN2C(=O)CNC2=O)n(-c2ccccc2Cl)n1. The molecule has 3 amide bonds. The van der Waals surface area contributed by atoms with Crippen molar-refractivity contribution in [2.75, 3.05) is 6.54 Å². The lowest BCUT2D eigenvalue weighted by Gasteiger charge is -2.13. The minimum atomic E-state index is -0.417. The molecular weight excluding hydrogens is 330 g/mol. The summed E-state index contributed by atoms with van der Waals surface area (Å²) in [7, 11) is 0. The first-order valence-electron chi connectivity index (χ1n) is 7.73. The molecular formula is C16H18ClN5O2. The van der Waals surface area contributed by atoms with E-state index in [0.717, 1.165) is 4.90 Å². The third-order valence-corrected chi connectivity index (χ3v) is 3.95. The quantitative estimate of drug-likeness (QED) is 0.840. The van der Waals surface area contributed by atoms with Crippen LogP contribution >= 0.6 is 11.6 Å². The van der Waals surface area contributed by atoms with Gasteiger partial charge in [0.2, 0.25) is 5.91 Å². The van der Waals surface area contributed by atoms with E-state index in [1.165, 1.54) is 0 Å². The largest absolute Gasteiger partial charge is 0.329 e.